The fourth-order valence-electron chi connectivity index (χ4n) is 6.85. The van der Waals surface area contributed by atoms with Crippen LogP contribution in [-0.4, -0.2) is 96.1 Å². The number of alkyl halides is 13. The van der Waals surface area contributed by atoms with E-state index < -0.39 is 88.7 Å². The van der Waals surface area contributed by atoms with Crippen LogP contribution in [0.2, 0.25) is 6.04 Å². The molecular formula is C40H83F13O5Si6. The Hall–Kier alpha value is 0.191. The Morgan fingerprint density at radius 3 is 0.938 bits per heavy atom. The van der Waals surface area contributed by atoms with Gasteiger partial charge in [-0.05, 0) is 12.5 Å². The summed E-state index contributed by atoms with van der Waals surface area (Å²) in [7, 11) is -2.57. The van der Waals surface area contributed by atoms with E-state index in [4.69, 9.17) is 20.6 Å². The summed E-state index contributed by atoms with van der Waals surface area (Å²) in [6.07, 6.45) is 23.1. The summed E-state index contributed by atoms with van der Waals surface area (Å²) in [4.78, 5) is 0. The first kappa shape index (κ1) is 66.3. The van der Waals surface area contributed by atoms with E-state index in [0.29, 0.717) is 12.8 Å². The van der Waals surface area contributed by atoms with Gasteiger partial charge in [-0.25, -0.2) is 0 Å². The van der Waals surface area contributed by atoms with E-state index in [0.717, 1.165) is 42.6 Å². The smallest absolute Gasteiger partial charge is 0.449 e. The van der Waals surface area contributed by atoms with Crippen molar-refractivity contribution in [2.75, 3.05) is 0 Å². The summed E-state index contributed by atoms with van der Waals surface area (Å²) in [5.74, 6) is -36.3. The van der Waals surface area contributed by atoms with Gasteiger partial charge in [0.25, 0.3) is 40.0 Å². The van der Waals surface area contributed by atoms with Crippen molar-refractivity contribution in [1.82, 2.24) is 0 Å². The quantitative estimate of drug-likeness (QED) is 0.0345. The van der Waals surface area contributed by atoms with Crippen LogP contribution in [0.3, 0.4) is 0 Å². The highest BCUT2D eigenvalue weighted by molar-refractivity contribution is 6.47. The predicted molar refractivity (Wildman–Crippen MR) is 248 cm³/mol. The van der Waals surface area contributed by atoms with Crippen LogP contribution < -0.4 is 0 Å². The van der Waals surface area contributed by atoms with Crippen LogP contribution in [-0.2, 0) is 20.6 Å². The summed E-state index contributed by atoms with van der Waals surface area (Å²) >= 11 is 0. The number of hydrogen-bond acceptors (Lipinski definition) is 5. The summed E-state index contributed by atoms with van der Waals surface area (Å²) < 4.78 is 197. The summed E-state index contributed by atoms with van der Waals surface area (Å²) in [6.45, 7) is 4.46. The van der Waals surface area contributed by atoms with Crippen molar-refractivity contribution in [3.63, 3.8) is 0 Å². The van der Waals surface area contributed by atoms with Crippen molar-refractivity contribution in [3.8, 4) is 0 Å². The van der Waals surface area contributed by atoms with Gasteiger partial charge in [0.15, 0.2) is 0 Å². The van der Waals surface area contributed by atoms with Crippen molar-refractivity contribution in [1.29, 1.82) is 0 Å². The van der Waals surface area contributed by atoms with E-state index in [2.05, 4.69) is 13.8 Å². The van der Waals surface area contributed by atoms with Gasteiger partial charge >= 0.3 is 35.8 Å². The van der Waals surface area contributed by atoms with Crippen molar-refractivity contribution in [3.05, 3.63) is 0 Å². The van der Waals surface area contributed by atoms with Gasteiger partial charge in [-0.2, -0.15) is 57.1 Å². The van der Waals surface area contributed by atoms with E-state index in [1.165, 1.54) is 134 Å². The Balaban J connectivity index is 0. The van der Waals surface area contributed by atoms with Gasteiger partial charge in [-0.15, -0.1) is 0 Å². The lowest BCUT2D eigenvalue weighted by molar-refractivity contribution is -0.440. The molecule has 0 radical (unpaired) electrons. The summed E-state index contributed by atoms with van der Waals surface area (Å²) in [5, 5.41) is 0. The molecule has 0 saturated carbocycles. The Morgan fingerprint density at radius 2 is 0.609 bits per heavy atom. The van der Waals surface area contributed by atoms with Gasteiger partial charge in [-0.3, -0.25) is 0 Å². The molecule has 64 heavy (non-hydrogen) atoms. The molecule has 0 bridgehead atoms. The van der Waals surface area contributed by atoms with Crippen LogP contribution in [0.1, 0.15) is 213 Å². The summed E-state index contributed by atoms with van der Waals surface area (Å²) in [6, 6.07) is 1.32. The second-order valence-corrected chi connectivity index (χ2v) is 27.7. The van der Waals surface area contributed by atoms with Gasteiger partial charge in [0, 0.05) is 6.42 Å². The number of rotatable bonds is 45. The molecule has 0 heterocycles. The Bertz CT molecular complexity index is 1020. The molecule has 0 rings (SSSR count). The minimum atomic E-state index is -7.82. The minimum Gasteiger partial charge on any atom is -0.449 e. The fourth-order valence-corrected chi connectivity index (χ4v) is 16.3. The number of halogens is 13. The first-order chi connectivity index (χ1) is 30.2. The van der Waals surface area contributed by atoms with Crippen LogP contribution in [0.5, 0.6) is 0 Å². The van der Waals surface area contributed by atoms with Gasteiger partial charge in [-0.1, -0.05) is 200 Å². The molecule has 388 valence electrons. The molecule has 0 aromatic rings. The molecule has 0 spiro atoms. The van der Waals surface area contributed by atoms with Crippen LogP contribution in [0.15, 0.2) is 0 Å². The SMILES string of the molecule is CCCCCCCCCCCCCCCCCCCCC(F)(F)C(F)(F)C(F)(F)C(F)(F)C(F)(F)C(F)(F)F.CCCCCCCCCCCCCC[SiH2]O[SiH2]O[SiH2]O[SiH2]O[SiH2]O[SiH3]. The number of hydrogen-bond donors (Lipinski definition) is 0. The van der Waals surface area contributed by atoms with E-state index in [1.54, 1.807) is 0 Å². The maximum Gasteiger partial charge on any atom is 0.460 e. The fraction of sp³-hybridized carbons (Fsp3) is 1.00. The second kappa shape index (κ2) is 40.0. The topological polar surface area (TPSA) is 46.2 Å². The minimum absolute atomic E-state index is 0.162. The normalized spacial score (nSPS) is 14.1. The zero-order valence-corrected chi connectivity index (χ0v) is 48.2. The molecule has 0 aliphatic carbocycles. The maximum atomic E-state index is 13.7. The van der Waals surface area contributed by atoms with Gasteiger partial charge < -0.3 is 20.6 Å². The molecule has 0 unspecified atom stereocenters. The molecule has 24 heteroatoms. The molecule has 5 nitrogen and oxygen atoms in total. The average Bonchev–Trinajstić information content (AvgIpc) is 3.23. The maximum absolute atomic E-state index is 13.7. The highest BCUT2D eigenvalue weighted by atomic mass is 28.4. The van der Waals surface area contributed by atoms with E-state index in [1.807, 2.05) is 0 Å². The molecule has 0 amide bonds. The third-order valence-electron chi connectivity index (χ3n) is 10.9. The predicted octanol–water partition coefficient (Wildman–Crippen LogP) is 11.7. The first-order valence-electron chi connectivity index (χ1n) is 24.0. The second-order valence-electron chi connectivity index (χ2n) is 16.8. The summed E-state index contributed by atoms with van der Waals surface area (Å²) in [5.41, 5.74) is 0. The molecule has 0 aromatic carbocycles. The lowest BCUT2D eigenvalue weighted by Gasteiger charge is -2.39. The van der Waals surface area contributed by atoms with Crippen molar-refractivity contribution < 1.29 is 77.7 Å². The molecule has 0 saturated heterocycles. The van der Waals surface area contributed by atoms with Crippen LogP contribution in [0.25, 0.3) is 0 Å². The average molecular weight is 1060 g/mol. The van der Waals surface area contributed by atoms with E-state index >= 15 is 0 Å². The first-order valence-corrected chi connectivity index (χ1v) is 31.0. The zero-order chi connectivity index (χ0) is 48.7. The van der Waals surface area contributed by atoms with Crippen LogP contribution >= 0.6 is 0 Å². The zero-order valence-electron chi connectivity index (χ0n) is 39.1. The van der Waals surface area contributed by atoms with Crippen LogP contribution in [0.4, 0.5) is 57.1 Å². The highest BCUT2D eigenvalue weighted by Gasteiger charge is 2.90. The molecule has 0 N–H and O–H groups in total. The number of unbranched alkanes of at least 4 members (excludes halogenated alkanes) is 28. The Morgan fingerprint density at radius 1 is 0.328 bits per heavy atom. The Labute approximate surface area is 391 Å². The van der Waals surface area contributed by atoms with Crippen molar-refractivity contribution in [2.24, 2.45) is 0 Å². The largest absolute Gasteiger partial charge is 0.460 e. The molecule has 0 aliphatic rings. The lowest BCUT2D eigenvalue weighted by Crippen LogP contribution is -2.70. The van der Waals surface area contributed by atoms with Gasteiger partial charge in [0.1, 0.15) is 20.2 Å². The molecule has 0 fully saturated rings. The van der Waals surface area contributed by atoms with Crippen LogP contribution in [0, 0.1) is 0 Å². The lowest BCUT2D eigenvalue weighted by atomic mass is 9.91. The molecule has 0 atom stereocenters. The van der Waals surface area contributed by atoms with Gasteiger partial charge in [0.05, 0.1) is 0 Å². The third kappa shape index (κ3) is 29.9. The van der Waals surface area contributed by atoms with E-state index in [9.17, 15) is 57.1 Å². The van der Waals surface area contributed by atoms with Crippen molar-refractivity contribution in [2.45, 2.75) is 255 Å². The molecule has 0 aliphatic heterocycles. The Kier molecular flexibility index (Phi) is 41.4. The molecule has 0 aromatic heterocycles. The monoisotopic (exact) mass is 1060 g/mol. The van der Waals surface area contributed by atoms with E-state index in [-0.39, 0.29) is 22.6 Å². The van der Waals surface area contributed by atoms with Gasteiger partial charge in [0.2, 0.25) is 0 Å². The van der Waals surface area contributed by atoms with Crippen molar-refractivity contribution >= 4 is 60.3 Å². The highest BCUT2D eigenvalue weighted by Crippen LogP contribution is 2.60. The third-order valence-corrected chi connectivity index (χ3v) is 18.5. The molecular weight excluding hydrogens is 976 g/mol. The standard InChI is InChI=1S/C26H41F13.C14H42O5Si6/c1-2-3-4-5-6-7-8-9-10-11-12-13-14-15-16-17-18-19-20-21(27,28)22(29,30)23(31,32)24(33,34)25(35,36)26(37,38)39;1-2-3-4-5-6-7-8-9-10-11-12-13-14-21-16-23-18-25-19-24-17-22-15-20/h2-20H2,1H3;2-14,21-25H2,1,20H3.